The maximum Gasteiger partial charge on any atom is 0.169 e. The summed E-state index contributed by atoms with van der Waals surface area (Å²) in [6.45, 7) is 0. The Labute approximate surface area is 205 Å². The summed E-state index contributed by atoms with van der Waals surface area (Å²) < 4.78 is 23.0. The van der Waals surface area contributed by atoms with Crippen LogP contribution in [0.3, 0.4) is 0 Å². The van der Waals surface area contributed by atoms with E-state index in [0.29, 0.717) is 23.0 Å². The van der Waals surface area contributed by atoms with Gasteiger partial charge in [0.15, 0.2) is 23.0 Å². The van der Waals surface area contributed by atoms with E-state index in [1.165, 1.54) is 0 Å². The fourth-order valence-corrected chi connectivity index (χ4v) is 5.39. The normalized spacial score (nSPS) is 14.4. The largest absolute Gasteiger partial charge is 0.493 e. The van der Waals surface area contributed by atoms with E-state index in [1.54, 1.807) is 28.4 Å². The molecule has 5 nitrogen and oxygen atoms in total. The smallest absolute Gasteiger partial charge is 0.169 e. The second-order valence-corrected chi connectivity index (χ2v) is 8.65. The van der Waals surface area contributed by atoms with E-state index in [0.717, 1.165) is 44.3 Å². The molecule has 1 heterocycles. The van der Waals surface area contributed by atoms with Crippen molar-refractivity contribution in [1.29, 1.82) is 0 Å². The van der Waals surface area contributed by atoms with Gasteiger partial charge in [0.2, 0.25) is 0 Å². The van der Waals surface area contributed by atoms with Crippen molar-refractivity contribution in [2.45, 2.75) is 5.37 Å². The van der Waals surface area contributed by atoms with Crippen LogP contribution in [0, 0.1) is 0 Å². The van der Waals surface area contributed by atoms with Crippen LogP contribution in [0.2, 0.25) is 0 Å². The fourth-order valence-electron chi connectivity index (χ4n) is 5.02. The van der Waals surface area contributed by atoms with E-state index in [2.05, 4.69) is 48.3 Å². The summed E-state index contributed by atoms with van der Waals surface area (Å²) in [5.41, 5.74) is 6.31. The average molecular weight is 474 g/mol. The summed E-state index contributed by atoms with van der Waals surface area (Å²) in [7, 11) is 8.72. The van der Waals surface area contributed by atoms with Crippen molar-refractivity contribution in [2.75, 3.05) is 40.4 Å². The predicted octanol–water partition coefficient (Wildman–Crippen LogP) is 6.59. The van der Waals surface area contributed by atoms with Gasteiger partial charge in [-0.25, -0.2) is 0 Å². The third-order valence-corrected chi connectivity index (χ3v) is 7.16. The van der Waals surface area contributed by atoms with Gasteiger partial charge in [0.05, 0.1) is 34.1 Å². The first-order chi connectivity index (χ1) is 16.5. The molecule has 5 rings (SSSR count). The lowest BCUT2D eigenvalue weighted by Crippen LogP contribution is -2.25. The molecule has 0 aliphatic carbocycles. The minimum absolute atomic E-state index is 0.230. The molecule has 1 unspecified atom stereocenters. The lowest BCUT2D eigenvalue weighted by molar-refractivity contribution is 0.351. The number of thiol groups is 1. The number of nitrogens with zero attached hydrogens (tertiary/aromatic N) is 1. The van der Waals surface area contributed by atoms with Gasteiger partial charge < -0.3 is 23.8 Å². The van der Waals surface area contributed by atoms with Crippen molar-refractivity contribution in [3.8, 4) is 45.3 Å². The summed E-state index contributed by atoms with van der Waals surface area (Å²) in [5.74, 6) is 2.80. The van der Waals surface area contributed by atoms with Gasteiger partial charge in [0.1, 0.15) is 5.37 Å². The lowest BCUT2D eigenvalue weighted by Gasteiger charge is -2.37. The molecule has 1 aliphatic heterocycles. The Balaban J connectivity index is 1.90. The number of fused-ring (bicyclic) bond motifs is 5. The van der Waals surface area contributed by atoms with Crippen molar-refractivity contribution in [1.82, 2.24) is 0 Å². The Hall–Kier alpha value is -3.51. The van der Waals surface area contributed by atoms with Gasteiger partial charge in [0, 0.05) is 29.1 Å². The van der Waals surface area contributed by atoms with Crippen LogP contribution < -0.4 is 23.8 Å². The summed E-state index contributed by atoms with van der Waals surface area (Å²) in [5, 5.41) is 1.92. The van der Waals surface area contributed by atoms with E-state index in [9.17, 15) is 0 Å². The van der Waals surface area contributed by atoms with Gasteiger partial charge in [-0.2, -0.15) is 0 Å². The van der Waals surface area contributed by atoms with Crippen LogP contribution in [-0.4, -0.2) is 35.5 Å². The quantitative estimate of drug-likeness (QED) is 0.331. The van der Waals surface area contributed by atoms with Gasteiger partial charge in [0.25, 0.3) is 0 Å². The second kappa shape index (κ2) is 8.69. The summed E-state index contributed by atoms with van der Waals surface area (Å²) in [4.78, 5) is 2.17. The monoisotopic (exact) mass is 473 g/mol. The highest BCUT2D eigenvalue weighted by atomic mass is 32.1. The van der Waals surface area contributed by atoms with Crippen LogP contribution in [0.1, 0.15) is 10.9 Å². The molecule has 0 fully saturated rings. The Morgan fingerprint density at radius 3 is 2.03 bits per heavy atom. The Kier molecular flexibility index (Phi) is 5.70. The summed E-state index contributed by atoms with van der Waals surface area (Å²) in [6, 6.07) is 20.7. The standard InChI is InChI=1S/C28H27NO4S/c1-29-25-19(17-13-14-21(30-2)26(32-4)24(17)28(29)34)12-11-18-20(25)15-22(31-3)27(33-5)23(18)16-9-7-6-8-10-16/h6-15,28,34H,1-5H3. The number of rotatable bonds is 5. The minimum Gasteiger partial charge on any atom is -0.493 e. The summed E-state index contributed by atoms with van der Waals surface area (Å²) in [6.07, 6.45) is 0. The highest BCUT2D eigenvalue weighted by Crippen LogP contribution is 2.55. The number of hydrogen-bond donors (Lipinski definition) is 1. The molecule has 34 heavy (non-hydrogen) atoms. The highest BCUT2D eigenvalue weighted by molar-refractivity contribution is 7.80. The maximum atomic E-state index is 5.85. The SMILES string of the molecule is COc1ccc2c(c1OC)C(S)N(C)c1c-2ccc2c(-c3ccccc3)c(OC)c(OC)cc12. The molecule has 1 atom stereocenters. The Morgan fingerprint density at radius 1 is 0.706 bits per heavy atom. The first-order valence-corrected chi connectivity index (χ1v) is 11.5. The van der Waals surface area contributed by atoms with Crippen molar-refractivity contribution in [3.63, 3.8) is 0 Å². The van der Waals surface area contributed by atoms with Gasteiger partial charge >= 0.3 is 0 Å². The molecule has 0 spiro atoms. The van der Waals surface area contributed by atoms with Crippen LogP contribution in [0.15, 0.2) is 60.7 Å². The molecule has 0 saturated heterocycles. The third kappa shape index (κ3) is 3.16. The van der Waals surface area contributed by atoms with E-state index in [4.69, 9.17) is 31.6 Å². The molecule has 4 aromatic rings. The van der Waals surface area contributed by atoms with Crippen LogP contribution >= 0.6 is 12.6 Å². The van der Waals surface area contributed by atoms with Crippen LogP contribution in [0.25, 0.3) is 33.0 Å². The third-order valence-electron chi connectivity index (χ3n) is 6.55. The van der Waals surface area contributed by atoms with Crippen LogP contribution in [-0.2, 0) is 0 Å². The molecule has 0 bridgehead atoms. The first-order valence-electron chi connectivity index (χ1n) is 11.0. The molecular formula is C28H27NO4S. The van der Waals surface area contributed by atoms with Gasteiger partial charge in [-0.3, -0.25) is 0 Å². The zero-order valence-electron chi connectivity index (χ0n) is 19.9. The topological polar surface area (TPSA) is 40.2 Å². The predicted molar refractivity (Wildman–Crippen MR) is 141 cm³/mol. The average Bonchev–Trinajstić information content (AvgIpc) is 2.89. The zero-order valence-corrected chi connectivity index (χ0v) is 20.8. The molecule has 0 radical (unpaired) electrons. The zero-order chi connectivity index (χ0) is 24.0. The molecule has 4 aromatic carbocycles. The molecule has 174 valence electrons. The van der Waals surface area contributed by atoms with E-state index in [1.807, 2.05) is 24.3 Å². The van der Waals surface area contributed by atoms with Crippen molar-refractivity contribution < 1.29 is 18.9 Å². The summed E-state index contributed by atoms with van der Waals surface area (Å²) >= 11 is 5.01. The van der Waals surface area contributed by atoms with E-state index in [-0.39, 0.29) is 5.37 Å². The fraction of sp³-hybridized carbons (Fsp3) is 0.214. The molecule has 6 heteroatoms. The minimum atomic E-state index is -0.230. The maximum absolute atomic E-state index is 5.85. The van der Waals surface area contributed by atoms with Gasteiger partial charge in [-0.1, -0.05) is 42.5 Å². The first kappa shape index (κ1) is 22.3. The highest BCUT2D eigenvalue weighted by Gasteiger charge is 2.33. The molecule has 0 N–H and O–H groups in total. The Bertz CT molecular complexity index is 1390. The van der Waals surface area contributed by atoms with Crippen molar-refractivity contribution in [3.05, 3.63) is 66.2 Å². The Morgan fingerprint density at radius 2 is 1.38 bits per heavy atom. The van der Waals surface area contributed by atoms with Crippen LogP contribution in [0.5, 0.6) is 23.0 Å². The van der Waals surface area contributed by atoms with Gasteiger partial charge in [-0.15, -0.1) is 12.6 Å². The van der Waals surface area contributed by atoms with Gasteiger partial charge in [-0.05, 0) is 34.7 Å². The molecular weight excluding hydrogens is 446 g/mol. The second-order valence-electron chi connectivity index (χ2n) is 8.16. The molecule has 1 aliphatic rings. The number of methoxy groups -OCH3 is 4. The lowest BCUT2D eigenvalue weighted by atomic mass is 9.87. The van der Waals surface area contributed by atoms with E-state index >= 15 is 0 Å². The molecule has 0 saturated carbocycles. The number of anilines is 1. The van der Waals surface area contributed by atoms with Crippen molar-refractivity contribution in [2.24, 2.45) is 0 Å². The molecule has 0 aromatic heterocycles. The number of benzene rings is 4. The van der Waals surface area contributed by atoms with Crippen molar-refractivity contribution >= 4 is 29.1 Å². The van der Waals surface area contributed by atoms with Crippen LogP contribution in [0.4, 0.5) is 5.69 Å². The number of ether oxygens (including phenoxy) is 4. The van der Waals surface area contributed by atoms with E-state index < -0.39 is 0 Å². The molecule has 0 amide bonds. The number of hydrogen-bond acceptors (Lipinski definition) is 6.